The zero-order valence-electron chi connectivity index (χ0n) is 19.9. The minimum absolute atomic E-state index is 0.115. The Balaban J connectivity index is 1.28. The summed E-state index contributed by atoms with van der Waals surface area (Å²) < 4.78 is 13.3. The molecule has 1 aliphatic heterocycles. The first-order valence-corrected chi connectivity index (χ1v) is 12.1. The van der Waals surface area contributed by atoms with Crippen LogP contribution in [0.5, 0.6) is 0 Å². The van der Waals surface area contributed by atoms with E-state index in [4.69, 9.17) is 11.6 Å². The smallest absolute Gasteiger partial charge is 0.255 e. The third-order valence-corrected chi connectivity index (χ3v) is 6.53. The van der Waals surface area contributed by atoms with Crippen molar-refractivity contribution in [2.24, 2.45) is 11.0 Å². The number of nitrogens with zero attached hydrogens (tertiary/aromatic N) is 3. The van der Waals surface area contributed by atoms with Crippen LogP contribution in [-0.2, 0) is 11.3 Å². The lowest BCUT2D eigenvalue weighted by molar-refractivity contribution is -0.126. The molecule has 0 unspecified atom stereocenters. The van der Waals surface area contributed by atoms with Crippen molar-refractivity contribution in [1.82, 2.24) is 15.3 Å². The second-order valence-corrected chi connectivity index (χ2v) is 9.14. The van der Waals surface area contributed by atoms with Gasteiger partial charge in [-0.3, -0.25) is 19.5 Å². The molecule has 3 aromatic rings. The van der Waals surface area contributed by atoms with E-state index in [-0.39, 0.29) is 23.5 Å². The van der Waals surface area contributed by atoms with Crippen LogP contribution in [0.4, 0.5) is 10.1 Å². The van der Waals surface area contributed by atoms with E-state index in [1.807, 2.05) is 18.2 Å². The molecule has 9 heteroatoms. The van der Waals surface area contributed by atoms with E-state index < -0.39 is 0 Å². The number of halogens is 2. The number of benzene rings is 2. The Morgan fingerprint density at radius 1 is 1.08 bits per heavy atom. The average molecular weight is 508 g/mol. The molecule has 186 valence electrons. The molecule has 2 heterocycles. The van der Waals surface area contributed by atoms with Crippen molar-refractivity contribution in [3.8, 4) is 0 Å². The Kier molecular flexibility index (Phi) is 8.40. The van der Waals surface area contributed by atoms with Crippen LogP contribution >= 0.6 is 11.6 Å². The van der Waals surface area contributed by atoms with E-state index >= 15 is 0 Å². The summed E-state index contributed by atoms with van der Waals surface area (Å²) in [5.41, 5.74) is 6.12. The normalized spacial score (nSPS) is 14.9. The Morgan fingerprint density at radius 3 is 2.56 bits per heavy atom. The number of carbonyl (C=O) groups excluding carboxylic acids is 2. The van der Waals surface area contributed by atoms with Gasteiger partial charge in [-0.05, 0) is 80.4 Å². The van der Waals surface area contributed by atoms with Crippen LogP contribution in [0.3, 0.4) is 0 Å². The fraction of sp³-hybridized carbons (Fsp3) is 0.259. The van der Waals surface area contributed by atoms with Gasteiger partial charge in [-0.15, -0.1) is 0 Å². The van der Waals surface area contributed by atoms with E-state index in [0.717, 1.165) is 24.2 Å². The van der Waals surface area contributed by atoms with Crippen molar-refractivity contribution in [1.29, 1.82) is 0 Å². The molecule has 4 rings (SSSR count). The highest BCUT2D eigenvalue weighted by Gasteiger charge is 2.25. The number of piperidine rings is 1. The minimum Gasteiger partial charge on any atom is -0.322 e. The van der Waals surface area contributed by atoms with E-state index in [2.05, 4.69) is 25.7 Å². The van der Waals surface area contributed by atoms with Crippen LogP contribution in [0.25, 0.3) is 0 Å². The van der Waals surface area contributed by atoms with Crippen molar-refractivity contribution in [3.05, 3.63) is 94.5 Å². The molecule has 0 radical (unpaired) electrons. The van der Waals surface area contributed by atoms with Crippen LogP contribution in [0.15, 0.2) is 72.1 Å². The number of amides is 2. The zero-order chi connectivity index (χ0) is 25.5. The maximum absolute atomic E-state index is 13.3. The van der Waals surface area contributed by atoms with Gasteiger partial charge in [0.25, 0.3) is 5.91 Å². The standard InChI is InChI=1S/C27H27ClFN5O2/c1-18(21-3-2-4-24(15-21)31-26(35)19-7-11-30-12-8-19)32-33-27(36)20-9-13-34(14-10-20)17-22-5-6-23(29)16-25(22)28/h2-8,11-12,15-16,20H,9-10,13-14,17H2,1H3,(H,31,35)(H,33,36)/b32-18+. The number of aromatic nitrogens is 1. The number of anilines is 1. The number of carbonyl (C=O) groups is 2. The monoisotopic (exact) mass is 507 g/mol. The van der Waals surface area contributed by atoms with Gasteiger partial charge >= 0.3 is 0 Å². The van der Waals surface area contributed by atoms with Gasteiger partial charge in [0, 0.05) is 41.1 Å². The summed E-state index contributed by atoms with van der Waals surface area (Å²) in [5.74, 6) is -0.828. The van der Waals surface area contributed by atoms with Crippen LogP contribution < -0.4 is 10.7 Å². The van der Waals surface area contributed by atoms with Gasteiger partial charge in [-0.1, -0.05) is 29.8 Å². The molecule has 1 aliphatic rings. The van der Waals surface area contributed by atoms with Crippen molar-refractivity contribution < 1.29 is 14.0 Å². The van der Waals surface area contributed by atoms with Crippen LogP contribution in [0, 0.1) is 11.7 Å². The number of likely N-dealkylation sites (tertiary alicyclic amines) is 1. The summed E-state index contributed by atoms with van der Waals surface area (Å²) in [4.78, 5) is 31.2. The number of nitrogens with one attached hydrogen (secondary N) is 2. The number of hydrazone groups is 1. The predicted octanol–water partition coefficient (Wildman–Crippen LogP) is 4.88. The molecule has 36 heavy (non-hydrogen) atoms. The fourth-order valence-electron chi connectivity index (χ4n) is 4.07. The van der Waals surface area contributed by atoms with E-state index in [0.29, 0.717) is 41.4 Å². The molecule has 0 bridgehead atoms. The van der Waals surface area contributed by atoms with Gasteiger partial charge < -0.3 is 5.32 Å². The predicted molar refractivity (Wildman–Crippen MR) is 138 cm³/mol. The second kappa shape index (κ2) is 11.9. The summed E-state index contributed by atoms with van der Waals surface area (Å²) in [6.45, 7) is 3.92. The van der Waals surface area contributed by atoms with Crippen LogP contribution in [0.2, 0.25) is 5.02 Å². The highest BCUT2D eigenvalue weighted by atomic mass is 35.5. The zero-order valence-corrected chi connectivity index (χ0v) is 20.6. The molecule has 2 aromatic carbocycles. The number of hydrogen-bond acceptors (Lipinski definition) is 5. The fourth-order valence-corrected chi connectivity index (χ4v) is 4.29. The molecule has 0 saturated carbocycles. The molecule has 1 aromatic heterocycles. The lowest BCUT2D eigenvalue weighted by atomic mass is 9.96. The van der Waals surface area contributed by atoms with E-state index in [9.17, 15) is 14.0 Å². The van der Waals surface area contributed by atoms with Crippen LogP contribution in [-0.4, -0.2) is 40.5 Å². The van der Waals surface area contributed by atoms with Gasteiger partial charge in [0.15, 0.2) is 0 Å². The molecule has 7 nitrogen and oxygen atoms in total. The van der Waals surface area contributed by atoms with Crippen molar-refractivity contribution >= 4 is 34.8 Å². The summed E-state index contributed by atoms with van der Waals surface area (Å²) in [7, 11) is 0. The Morgan fingerprint density at radius 2 is 1.83 bits per heavy atom. The van der Waals surface area contributed by atoms with Gasteiger partial charge in [0.2, 0.25) is 5.91 Å². The Hall–Kier alpha value is -3.62. The highest BCUT2D eigenvalue weighted by Crippen LogP contribution is 2.23. The quantitative estimate of drug-likeness (QED) is 0.352. The maximum Gasteiger partial charge on any atom is 0.255 e. The molecule has 2 amide bonds. The van der Waals surface area contributed by atoms with Gasteiger partial charge in [0.05, 0.1) is 5.71 Å². The summed E-state index contributed by atoms with van der Waals surface area (Å²) in [5, 5.41) is 7.56. The third kappa shape index (κ3) is 6.74. The van der Waals surface area contributed by atoms with Crippen LogP contribution in [0.1, 0.15) is 41.3 Å². The maximum atomic E-state index is 13.3. The molecule has 1 fully saturated rings. The van der Waals surface area contributed by atoms with Crippen molar-refractivity contribution in [3.63, 3.8) is 0 Å². The van der Waals surface area contributed by atoms with Gasteiger partial charge in [-0.25, -0.2) is 9.82 Å². The second-order valence-electron chi connectivity index (χ2n) is 8.73. The molecule has 1 saturated heterocycles. The molecule has 2 N–H and O–H groups in total. The highest BCUT2D eigenvalue weighted by molar-refractivity contribution is 6.31. The Labute approximate surface area is 214 Å². The molecule has 0 atom stereocenters. The first kappa shape index (κ1) is 25.5. The number of rotatable bonds is 7. The lowest BCUT2D eigenvalue weighted by Gasteiger charge is -2.31. The molecule has 0 aliphatic carbocycles. The van der Waals surface area contributed by atoms with Gasteiger partial charge in [-0.2, -0.15) is 5.10 Å². The average Bonchev–Trinajstić information content (AvgIpc) is 2.89. The van der Waals surface area contributed by atoms with Crippen molar-refractivity contribution in [2.75, 3.05) is 18.4 Å². The number of hydrogen-bond donors (Lipinski definition) is 2. The van der Waals surface area contributed by atoms with E-state index in [1.54, 1.807) is 43.6 Å². The van der Waals surface area contributed by atoms with Gasteiger partial charge in [0.1, 0.15) is 5.82 Å². The first-order valence-electron chi connectivity index (χ1n) is 11.7. The van der Waals surface area contributed by atoms with Crippen molar-refractivity contribution in [2.45, 2.75) is 26.3 Å². The third-order valence-electron chi connectivity index (χ3n) is 6.18. The molecule has 0 spiro atoms. The molecular weight excluding hydrogens is 481 g/mol. The first-order chi connectivity index (χ1) is 17.4. The SMILES string of the molecule is C/C(=N\NC(=O)C1CCN(Cc2ccc(F)cc2Cl)CC1)c1cccc(NC(=O)c2ccncc2)c1. The van der Waals surface area contributed by atoms with E-state index in [1.165, 1.54) is 12.1 Å². The topological polar surface area (TPSA) is 86.7 Å². The Bertz CT molecular complexity index is 1260. The largest absolute Gasteiger partial charge is 0.322 e. The molecular formula is C27H27ClFN5O2. The minimum atomic E-state index is -0.351. The summed E-state index contributed by atoms with van der Waals surface area (Å²) in [6, 6.07) is 15.0. The lowest BCUT2D eigenvalue weighted by Crippen LogP contribution is -2.39. The number of pyridine rings is 1. The summed E-state index contributed by atoms with van der Waals surface area (Å²) >= 11 is 6.14. The summed E-state index contributed by atoms with van der Waals surface area (Å²) in [6.07, 6.45) is 4.54.